The summed E-state index contributed by atoms with van der Waals surface area (Å²) < 4.78 is 8.91. The van der Waals surface area contributed by atoms with Gasteiger partial charge in [-0.05, 0) is 61.4 Å². The Balaban J connectivity index is 1.49. The second-order valence-corrected chi connectivity index (χ2v) is 11.4. The van der Waals surface area contributed by atoms with Gasteiger partial charge >= 0.3 is 0 Å². The van der Waals surface area contributed by atoms with Crippen LogP contribution in [-0.4, -0.2) is 50.3 Å². The van der Waals surface area contributed by atoms with Crippen LogP contribution >= 0.6 is 43.5 Å². The molecule has 0 aliphatic heterocycles. The molecule has 5 rings (SSSR count). The van der Waals surface area contributed by atoms with Gasteiger partial charge in [-0.3, -0.25) is 9.78 Å². The number of aromatic nitrogens is 4. The first-order valence-corrected chi connectivity index (χ1v) is 14.4. The van der Waals surface area contributed by atoms with Crippen LogP contribution in [0.2, 0.25) is 5.02 Å². The Hall–Kier alpha value is -2.75. The maximum atomic E-state index is 13.8. The Morgan fingerprint density at radius 3 is 2.42 bits per heavy atom. The molecule has 0 spiro atoms. The van der Waals surface area contributed by atoms with E-state index in [0.717, 1.165) is 45.8 Å². The van der Waals surface area contributed by atoms with Gasteiger partial charge in [0, 0.05) is 50.6 Å². The van der Waals surface area contributed by atoms with E-state index in [1.807, 2.05) is 58.1 Å². The number of rotatable bonds is 8. The molecule has 1 fully saturated rings. The van der Waals surface area contributed by atoms with E-state index in [1.165, 1.54) is 0 Å². The molecule has 1 amide bonds. The van der Waals surface area contributed by atoms with E-state index in [4.69, 9.17) is 26.4 Å². The lowest BCUT2D eigenvalue weighted by molar-refractivity contribution is 0.0672. The summed E-state index contributed by atoms with van der Waals surface area (Å²) in [6, 6.07) is 15.2. The molecule has 2 aromatic heterocycles. The van der Waals surface area contributed by atoms with E-state index in [9.17, 15) is 4.79 Å². The molecule has 2 aromatic carbocycles. The molecule has 4 aromatic rings. The molecule has 10 heteroatoms. The van der Waals surface area contributed by atoms with Gasteiger partial charge < -0.3 is 9.64 Å². The van der Waals surface area contributed by atoms with E-state index >= 15 is 0 Å². The SMILES string of the molecule is COc1ccc(-c2nc(-c3ccncc3)nn2CCN(C(=O)c2cc(Br)cc(Br)c2)C2CCCC2)cc1Cl. The molecule has 0 unspecified atom stereocenters. The Bertz CT molecular complexity index is 1420. The fourth-order valence-electron chi connectivity index (χ4n) is 4.85. The van der Waals surface area contributed by atoms with Crippen molar-refractivity contribution in [2.24, 2.45) is 0 Å². The molecular weight excluding hydrogens is 634 g/mol. The minimum atomic E-state index is 0.0161. The van der Waals surface area contributed by atoms with Gasteiger partial charge in [0.15, 0.2) is 11.6 Å². The standard InChI is InChI=1S/C28H26Br2ClN5O2/c1-38-25-7-6-19(16-24(25)31)27-33-26(18-8-10-32-11-9-18)34-36(27)13-12-35(23-4-2-3-5-23)28(37)20-14-21(29)17-22(30)15-20/h6-11,14-17,23H,2-5,12-13H2,1H3. The molecule has 196 valence electrons. The van der Waals surface area contributed by atoms with Crippen molar-refractivity contribution in [3.8, 4) is 28.5 Å². The monoisotopic (exact) mass is 657 g/mol. The van der Waals surface area contributed by atoms with Crippen molar-refractivity contribution in [1.29, 1.82) is 0 Å². The summed E-state index contributed by atoms with van der Waals surface area (Å²) >= 11 is 13.5. The number of carbonyl (C=O) groups excluding carboxylic acids is 1. The van der Waals surface area contributed by atoms with Gasteiger partial charge in [-0.1, -0.05) is 56.3 Å². The fourth-order valence-corrected chi connectivity index (χ4v) is 6.40. The normalized spacial score (nSPS) is 13.6. The number of ether oxygens (including phenoxy) is 1. The summed E-state index contributed by atoms with van der Waals surface area (Å²) in [7, 11) is 1.59. The van der Waals surface area contributed by atoms with Crippen LogP contribution in [0.15, 0.2) is 69.9 Å². The average Bonchev–Trinajstić information content (AvgIpc) is 3.59. The molecular formula is C28H26Br2ClN5O2. The molecule has 0 atom stereocenters. The van der Waals surface area contributed by atoms with Gasteiger partial charge in [0.05, 0.1) is 18.7 Å². The number of amides is 1. The van der Waals surface area contributed by atoms with Gasteiger partial charge in [-0.2, -0.15) is 5.10 Å². The molecule has 2 heterocycles. The Morgan fingerprint density at radius 1 is 1.05 bits per heavy atom. The number of carbonyl (C=O) groups is 1. The largest absolute Gasteiger partial charge is 0.495 e. The lowest BCUT2D eigenvalue weighted by Gasteiger charge is -2.29. The van der Waals surface area contributed by atoms with Crippen LogP contribution in [0.1, 0.15) is 36.0 Å². The summed E-state index contributed by atoms with van der Waals surface area (Å²) in [6.45, 7) is 0.984. The van der Waals surface area contributed by atoms with E-state index in [1.54, 1.807) is 19.5 Å². The third kappa shape index (κ3) is 5.95. The maximum Gasteiger partial charge on any atom is 0.254 e. The Labute approximate surface area is 243 Å². The number of hydrogen-bond donors (Lipinski definition) is 0. The van der Waals surface area contributed by atoms with Crippen LogP contribution in [0, 0.1) is 0 Å². The topological polar surface area (TPSA) is 73.1 Å². The van der Waals surface area contributed by atoms with E-state index in [0.29, 0.717) is 41.1 Å². The van der Waals surface area contributed by atoms with Crippen LogP contribution in [0.5, 0.6) is 5.75 Å². The zero-order valence-corrected chi connectivity index (χ0v) is 24.7. The Morgan fingerprint density at radius 2 is 1.76 bits per heavy atom. The first kappa shape index (κ1) is 26.8. The highest BCUT2D eigenvalue weighted by Crippen LogP contribution is 2.31. The summed E-state index contributed by atoms with van der Waals surface area (Å²) in [6.07, 6.45) is 7.69. The first-order chi connectivity index (χ1) is 18.4. The van der Waals surface area contributed by atoms with Gasteiger partial charge in [-0.15, -0.1) is 0 Å². The summed E-state index contributed by atoms with van der Waals surface area (Å²) in [5.41, 5.74) is 2.33. The van der Waals surface area contributed by atoms with Crippen LogP contribution < -0.4 is 4.74 Å². The number of nitrogens with zero attached hydrogens (tertiary/aromatic N) is 5. The minimum absolute atomic E-state index is 0.0161. The predicted octanol–water partition coefficient (Wildman–Crippen LogP) is 7.28. The van der Waals surface area contributed by atoms with Gasteiger partial charge in [-0.25, -0.2) is 9.67 Å². The van der Waals surface area contributed by atoms with Gasteiger partial charge in [0.1, 0.15) is 5.75 Å². The molecule has 0 saturated heterocycles. The van der Waals surface area contributed by atoms with Crippen molar-refractivity contribution in [3.63, 3.8) is 0 Å². The number of pyridine rings is 1. The summed E-state index contributed by atoms with van der Waals surface area (Å²) in [5, 5.41) is 5.33. The van der Waals surface area contributed by atoms with Crippen LogP contribution in [0.25, 0.3) is 22.8 Å². The first-order valence-electron chi connectivity index (χ1n) is 12.4. The van der Waals surface area contributed by atoms with E-state index < -0.39 is 0 Å². The van der Waals surface area contributed by atoms with Gasteiger partial charge in [0.25, 0.3) is 5.91 Å². The molecule has 38 heavy (non-hydrogen) atoms. The highest BCUT2D eigenvalue weighted by Gasteiger charge is 2.28. The lowest BCUT2D eigenvalue weighted by Crippen LogP contribution is -2.41. The van der Waals surface area contributed by atoms with Crippen molar-refractivity contribution in [3.05, 3.63) is 80.5 Å². The highest BCUT2D eigenvalue weighted by molar-refractivity contribution is 9.11. The van der Waals surface area contributed by atoms with E-state index in [-0.39, 0.29) is 11.9 Å². The third-order valence-corrected chi connectivity index (χ3v) is 7.92. The number of methoxy groups -OCH3 is 1. The number of benzene rings is 2. The van der Waals surface area contributed by atoms with Gasteiger partial charge in [0.2, 0.25) is 0 Å². The van der Waals surface area contributed by atoms with Crippen molar-refractivity contribution < 1.29 is 9.53 Å². The molecule has 1 saturated carbocycles. The molecule has 0 bridgehead atoms. The minimum Gasteiger partial charge on any atom is -0.495 e. The van der Waals surface area contributed by atoms with Crippen LogP contribution in [0.3, 0.4) is 0 Å². The van der Waals surface area contributed by atoms with Crippen molar-refractivity contribution in [1.82, 2.24) is 24.6 Å². The smallest absolute Gasteiger partial charge is 0.254 e. The second-order valence-electron chi connectivity index (χ2n) is 9.16. The summed E-state index contributed by atoms with van der Waals surface area (Å²) in [4.78, 5) is 24.7. The number of halogens is 3. The molecule has 7 nitrogen and oxygen atoms in total. The van der Waals surface area contributed by atoms with Crippen LogP contribution in [-0.2, 0) is 6.54 Å². The van der Waals surface area contributed by atoms with Crippen molar-refractivity contribution >= 4 is 49.4 Å². The zero-order valence-electron chi connectivity index (χ0n) is 20.8. The second kappa shape index (κ2) is 12.0. The Kier molecular flexibility index (Phi) is 8.45. The van der Waals surface area contributed by atoms with Crippen molar-refractivity contribution in [2.75, 3.05) is 13.7 Å². The molecule has 1 aliphatic rings. The maximum absolute atomic E-state index is 13.8. The quantitative estimate of drug-likeness (QED) is 0.199. The van der Waals surface area contributed by atoms with E-state index in [2.05, 4.69) is 36.8 Å². The lowest BCUT2D eigenvalue weighted by atomic mass is 10.1. The highest BCUT2D eigenvalue weighted by atomic mass is 79.9. The fraction of sp³-hybridized carbons (Fsp3) is 0.286. The summed E-state index contributed by atoms with van der Waals surface area (Å²) in [5.74, 6) is 1.87. The number of hydrogen-bond acceptors (Lipinski definition) is 5. The molecule has 0 N–H and O–H groups in total. The van der Waals surface area contributed by atoms with Crippen molar-refractivity contribution in [2.45, 2.75) is 38.3 Å². The molecule has 1 aliphatic carbocycles. The molecule has 0 radical (unpaired) electrons. The zero-order chi connectivity index (χ0) is 26.6. The average molecular weight is 660 g/mol. The van der Waals surface area contributed by atoms with Crippen LogP contribution in [0.4, 0.5) is 0 Å². The third-order valence-electron chi connectivity index (χ3n) is 6.71. The predicted molar refractivity (Wildman–Crippen MR) is 155 cm³/mol.